The van der Waals surface area contributed by atoms with Crippen LogP contribution in [0.2, 0.25) is 0 Å². The van der Waals surface area contributed by atoms with Gasteiger partial charge in [-0.15, -0.1) is 0 Å². The van der Waals surface area contributed by atoms with Crippen LogP contribution >= 0.6 is 0 Å². The number of hydrogen-bond acceptors (Lipinski definition) is 4. The zero-order valence-electron chi connectivity index (χ0n) is 12.9. The first kappa shape index (κ1) is 14.3. The van der Waals surface area contributed by atoms with Crippen LogP contribution in [0.3, 0.4) is 0 Å². The largest absolute Gasteiger partial charge is 0.385 e. The summed E-state index contributed by atoms with van der Waals surface area (Å²) in [4.78, 5) is 6.94. The fraction of sp³-hybridized carbons (Fsp3) is 0.938. The van der Waals surface area contributed by atoms with E-state index in [4.69, 9.17) is 5.73 Å². The van der Waals surface area contributed by atoms with E-state index in [1.807, 2.05) is 0 Å². The maximum absolute atomic E-state index is 11.4. The van der Waals surface area contributed by atoms with Crippen molar-refractivity contribution in [3.8, 4) is 0 Å². The molecule has 0 bridgehead atoms. The van der Waals surface area contributed by atoms with Crippen molar-refractivity contribution >= 4 is 5.84 Å². The number of nitrogens with zero attached hydrogens (tertiary/aromatic N) is 2. The molecule has 1 aliphatic heterocycles. The monoisotopic (exact) mass is 279 g/mol. The van der Waals surface area contributed by atoms with Gasteiger partial charge >= 0.3 is 0 Å². The van der Waals surface area contributed by atoms with E-state index in [9.17, 15) is 5.11 Å². The summed E-state index contributed by atoms with van der Waals surface area (Å²) in [7, 11) is 4.29. The minimum atomic E-state index is -0.820. The molecule has 0 aromatic rings. The average Bonchev–Trinajstić information content (AvgIpc) is 2.72. The molecule has 20 heavy (non-hydrogen) atoms. The normalized spacial score (nSPS) is 45.3. The van der Waals surface area contributed by atoms with E-state index in [-0.39, 0.29) is 12.0 Å². The summed E-state index contributed by atoms with van der Waals surface area (Å²) in [6, 6.07) is 0.863. The van der Waals surface area contributed by atoms with Gasteiger partial charge in [0.1, 0.15) is 11.4 Å². The highest BCUT2D eigenvalue weighted by molar-refractivity contribution is 5.91. The Morgan fingerprint density at radius 3 is 2.65 bits per heavy atom. The van der Waals surface area contributed by atoms with E-state index < -0.39 is 5.60 Å². The molecular formula is C16H29N3O. The van der Waals surface area contributed by atoms with Gasteiger partial charge in [0.05, 0.1) is 6.04 Å². The van der Waals surface area contributed by atoms with Gasteiger partial charge in [-0.05, 0) is 52.1 Å². The lowest BCUT2D eigenvalue weighted by Gasteiger charge is -2.45. The van der Waals surface area contributed by atoms with Gasteiger partial charge in [-0.3, -0.25) is 4.99 Å². The number of hydrogen-bond donors (Lipinski definition) is 2. The summed E-state index contributed by atoms with van der Waals surface area (Å²) in [5.74, 6) is 1.11. The fourth-order valence-corrected chi connectivity index (χ4v) is 4.80. The first-order valence-corrected chi connectivity index (χ1v) is 8.26. The number of nitrogens with two attached hydrogens (primary N) is 1. The van der Waals surface area contributed by atoms with Crippen LogP contribution in [-0.2, 0) is 0 Å². The summed E-state index contributed by atoms with van der Waals surface area (Å²) in [6.07, 6.45) is 9.25. The van der Waals surface area contributed by atoms with Gasteiger partial charge in [-0.1, -0.05) is 19.3 Å². The Kier molecular flexibility index (Phi) is 3.80. The number of aliphatic hydroxyl groups is 1. The number of fused-ring (bicyclic) bond motifs is 1. The third-order valence-electron chi connectivity index (χ3n) is 6.01. The molecule has 0 aromatic carbocycles. The molecule has 1 heterocycles. The van der Waals surface area contributed by atoms with Gasteiger partial charge in [0.15, 0.2) is 0 Å². The van der Waals surface area contributed by atoms with Crippen LogP contribution in [0.1, 0.15) is 51.4 Å². The first-order chi connectivity index (χ1) is 9.53. The van der Waals surface area contributed by atoms with E-state index in [1.54, 1.807) is 0 Å². The molecule has 4 heteroatoms. The summed E-state index contributed by atoms with van der Waals surface area (Å²) in [5, 5.41) is 11.4. The molecule has 0 aromatic heterocycles. The third kappa shape index (κ3) is 2.17. The molecule has 114 valence electrons. The Morgan fingerprint density at radius 1 is 1.15 bits per heavy atom. The predicted molar refractivity (Wildman–Crippen MR) is 81.8 cm³/mol. The Hall–Kier alpha value is -0.610. The minimum Gasteiger partial charge on any atom is -0.385 e. The van der Waals surface area contributed by atoms with Crippen molar-refractivity contribution in [1.29, 1.82) is 0 Å². The fourth-order valence-electron chi connectivity index (χ4n) is 4.80. The van der Waals surface area contributed by atoms with Gasteiger partial charge in [0.25, 0.3) is 0 Å². The van der Waals surface area contributed by atoms with Gasteiger partial charge < -0.3 is 15.7 Å². The smallest absolute Gasteiger partial charge is 0.129 e. The summed E-state index contributed by atoms with van der Waals surface area (Å²) < 4.78 is 0. The first-order valence-electron chi connectivity index (χ1n) is 8.26. The quantitative estimate of drug-likeness (QED) is 0.810. The molecule has 0 saturated heterocycles. The number of amidine groups is 1. The summed E-state index contributed by atoms with van der Waals surface area (Å²) in [5.41, 5.74) is 5.39. The van der Waals surface area contributed by atoms with Crippen molar-refractivity contribution < 1.29 is 5.11 Å². The molecule has 2 aliphatic carbocycles. The van der Waals surface area contributed by atoms with Gasteiger partial charge in [-0.25, -0.2) is 0 Å². The van der Waals surface area contributed by atoms with Crippen LogP contribution in [0, 0.1) is 11.8 Å². The molecule has 3 rings (SSSR count). The highest BCUT2D eigenvalue weighted by Gasteiger charge is 2.55. The molecule has 3 N–H and O–H groups in total. The van der Waals surface area contributed by atoms with Crippen LogP contribution < -0.4 is 5.73 Å². The molecule has 0 spiro atoms. The average molecular weight is 279 g/mol. The van der Waals surface area contributed by atoms with Crippen LogP contribution in [0.5, 0.6) is 0 Å². The molecular weight excluding hydrogens is 250 g/mol. The van der Waals surface area contributed by atoms with Crippen molar-refractivity contribution in [3.63, 3.8) is 0 Å². The Labute approximate surface area is 122 Å². The number of aliphatic imine (C=N–C) groups is 1. The lowest BCUT2D eigenvalue weighted by Crippen LogP contribution is -2.56. The molecule has 5 atom stereocenters. The summed E-state index contributed by atoms with van der Waals surface area (Å²) in [6.45, 7) is 0. The van der Waals surface area contributed by atoms with Gasteiger partial charge in [0, 0.05) is 12.0 Å². The molecule has 2 saturated carbocycles. The molecule has 3 aliphatic rings. The highest BCUT2D eigenvalue weighted by Crippen LogP contribution is 2.47. The standard InChI is InChI=1S/C16H29N3O/c1-19(2)12-7-5-6-11(10-12)16(20)13-8-3-4-9-14(13)18-15(16)17/h11-14,20H,3-10H2,1-2H3,(H2,17,18). The molecule has 0 amide bonds. The Bertz CT molecular complexity index is 395. The minimum absolute atomic E-state index is 0.280. The van der Waals surface area contributed by atoms with Crippen LogP contribution in [-0.4, -0.2) is 47.6 Å². The van der Waals surface area contributed by atoms with E-state index in [2.05, 4.69) is 24.0 Å². The highest BCUT2D eigenvalue weighted by atomic mass is 16.3. The van der Waals surface area contributed by atoms with Crippen molar-refractivity contribution in [2.45, 2.75) is 69.1 Å². The van der Waals surface area contributed by atoms with Gasteiger partial charge in [0.2, 0.25) is 0 Å². The zero-order chi connectivity index (χ0) is 14.3. The molecule has 4 nitrogen and oxygen atoms in total. The lowest BCUT2D eigenvalue weighted by molar-refractivity contribution is -0.0397. The van der Waals surface area contributed by atoms with E-state index in [0.717, 1.165) is 25.7 Å². The zero-order valence-corrected chi connectivity index (χ0v) is 12.9. The maximum atomic E-state index is 11.4. The Balaban J connectivity index is 1.82. The predicted octanol–water partition coefficient (Wildman–Crippen LogP) is 1.77. The van der Waals surface area contributed by atoms with Crippen molar-refractivity contribution in [3.05, 3.63) is 0 Å². The number of rotatable bonds is 2. The van der Waals surface area contributed by atoms with Crippen LogP contribution in [0.15, 0.2) is 4.99 Å². The second-order valence-electron chi connectivity index (χ2n) is 7.28. The Morgan fingerprint density at radius 2 is 1.90 bits per heavy atom. The molecule has 0 radical (unpaired) electrons. The lowest BCUT2D eigenvalue weighted by atomic mass is 9.65. The van der Waals surface area contributed by atoms with Gasteiger partial charge in [-0.2, -0.15) is 0 Å². The maximum Gasteiger partial charge on any atom is 0.129 e. The van der Waals surface area contributed by atoms with Crippen LogP contribution in [0.25, 0.3) is 0 Å². The summed E-state index contributed by atoms with van der Waals surface area (Å²) >= 11 is 0. The van der Waals surface area contributed by atoms with E-state index in [1.165, 1.54) is 25.7 Å². The SMILES string of the molecule is CN(C)C1CCCC(C2(O)C(N)=NC3CCCCC32)C1. The second kappa shape index (κ2) is 5.30. The van der Waals surface area contributed by atoms with Crippen molar-refractivity contribution in [2.24, 2.45) is 22.6 Å². The molecule has 5 unspecified atom stereocenters. The molecule has 2 fully saturated rings. The third-order valence-corrected chi connectivity index (χ3v) is 6.01. The topological polar surface area (TPSA) is 61.8 Å². The van der Waals surface area contributed by atoms with Crippen LogP contribution in [0.4, 0.5) is 0 Å². The van der Waals surface area contributed by atoms with Crippen molar-refractivity contribution in [1.82, 2.24) is 4.90 Å². The van der Waals surface area contributed by atoms with Crippen molar-refractivity contribution in [2.75, 3.05) is 14.1 Å². The second-order valence-corrected chi connectivity index (χ2v) is 7.28. The van der Waals surface area contributed by atoms with E-state index >= 15 is 0 Å². The van der Waals surface area contributed by atoms with E-state index in [0.29, 0.717) is 17.8 Å².